The van der Waals surface area contributed by atoms with Crippen LogP contribution in [0.15, 0.2) is 18.2 Å². The lowest BCUT2D eigenvalue weighted by Gasteiger charge is -2.08. The Morgan fingerprint density at radius 2 is 2.21 bits per heavy atom. The number of carbonyl (C=O) groups excluding carboxylic acids is 1. The average molecular weight is 285 g/mol. The van der Waals surface area contributed by atoms with Crippen molar-refractivity contribution in [2.45, 2.75) is 38.3 Å². The lowest BCUT2D eigenvalue weighted by molar-refractivity contribution is -0.121. The number of hydrogen-bond donors (Lipinski definition) is 2. The van der Waals surface area contributed by atoms with Gasteiger partial charge in [-0.2, -0.15) is 0 Å². The van der Waals surface area contributed by atoms with E-state index in [0.29, 0.717) is 36.1 Å². The van der Waals surface area contributed by atoms with E-state index in [4.69, 9.17) is 11.6 Å². The molecule has 0 aromatic heterocycles. The summed E-state index contributed by atoms with van der Waals surface area (Å²) in [5.74, 6) is -0.195. The van der Waals surface area contributed by atoms with Crippen LogP contribution in [-0.4, -0.2) is 18.5 Å². The molecule has 0 spiro atoms. The first-order chi connectivity index (χ1) is 9.16. The lowest BCUT2D eigenvalue weighted by atomic mass is 10.2. The minimum atomic E-state index is -0.300. The van der Waals surface area contributed by atoms with Gasteiger partial charge in [-0.3, -0.25) is 4.79 Å². The number of nitrogens with one attached hydrogen (secondary N) is 2. The van der Waals surface area contributed by atoms with E-state index in [0.717, 1.165) is 19.3 Å². The molecule has 19 heavy (non-hydrogen) atoms. The molecule has 1 aliphatic carbocycles. The highest BCUT2D eigenvalue weighted by atomic mass is 35.5. The van der Waals surface area contributed by atoms with Crippen molar-refractivity contribution < 1.29 is 9.18 Å². The number of benzene rings is 1. The summed E-state index contributed by atoms with van der Waals surface area (Å²) in [6, 6.07) is 5.07. The van der Waals surface area contributed by atoms with Crippen molar-refractivity contribution >= 4 is 17.5 Å². The number of amides is 1. The topological polar surface area (TPSA) is 41.1 Å². The van der Waals surface area contributed by atoms with E-state index >= 15 is 0 Å². The number of hydrogen-bond acceptors (Lipinski definition) is 2. The fourth-order valence-corrected chi connectivity index (χ4v) is 2.05. The number of halogens is 2. The Kier molecular flexibility index (Phi) is 5.16. The highest BCUT2D eigenvalue weighted by Gasteiger charge is 2.22. The molecule has 1 aromatic rings. The molecule has 1 amide bonds. The highest BCUT2D eigenvalue weighted by molar-refractivity contribution is 6.31. The lowest BCUT2D eigenvalue weighted by Crippen LogP contribution is -2.26. The predicted molar refractivity (Wildman–Crippen MR) is 73.5 cm³/mol. The van der Waals surface area contributed by atoms with Gasteiger partial charge >= 0.3 is 0 Å². The van der Waals surface area contributed by atoms with Crippen LogP contribution in [0.25, 0.3) is 0 Å². The zero-order valence-electron chi connectivity index (χ0n) is 10.7. The maximum atomic E-state index is 13.4. The van der Waals surface area contributed by atoms with E-state index in [1.165, 1.54) is 6.07 Å². The van der Waals surface area contributed by atoms with Crippen LogP contribution in [0.1, 0.15) is 31.2 Å². The van der Waals surface area contributed by atoms with Gasteiger partial charge in [0.1, 0.15) is 5.82 Å². The molecule has 0 unspecified atom stereocenters. The summed E-state index contributed by atoms with van der Waals surface area (Å²) in [7, 11) is 0. The first kappa shape index (κ1) is 14.3. The van der Waals surface area contributed by atoms with Crippen LogP contribution in [0.3, 0.4) is 0 Å². The first-order valence-electron chi connectivity index (χ1n) is 6.60. The van der Waals surface area contributed by atoms with Crippen LogP contribution in [0.2, 0.25) is 5.02 Å². The van der Waals surface area contributed by atoms with Crippen molar-refractivity contribution in [2.75, 3.05) is 6.54 Å². The maximum absolute atomic E-state index is 13.4. The quantitative estimate of drug-likeness (QED) is 0.756. The zero-order chi connectivity index (χ0) is 13.7. The Morgan fingerprint density at radius 3 is 2.89 bits per heavy atom. The molecule has 0 aliphatic heterocycles. The van der Waals surface area contributed by atoms with Gasteiger partial charge in [-0.1, -0.05) is 17.7 Å². The van der Waals surface area contributed by atoms with Crippen molar-refractivity contribution in [2.24, 2.45) is 0 Å². The smallest absolute Gasteiger partial charge is 0.220 e. The molecule has 1 saturated carbocycles. The number of carbonyl (C=O) groups is 1. The second-order valence-electron chi connectivity index (χ2n) is 4.82. The van der Waals surface area contributed by atoms with E-state index in [1.54, 1.807) is 12.1 Å². The second kappa shape index (κ2) is 6.87. The Labute approximate surface area is 117 Å². The van der Waals surface area contributed by atoms with Crippen molar-refractivity contribution in [3.63, 3.8) is 0 Å². The zero-order valence-corrected chi connectivity index (χ0v) is 11.5. The third kappa shape index (κ3) is 4.80. The van der Waals surface area contributed by atoms with E-state index in [-0.39, 0.29) is 11.7 Å². The highest BCUT2D eigenvalue weighted by Crippen LogP contribution is 2.19. The van der Waals surface area contributed by atoms with E-state index in [1.807, 2.05) is 0 Å². The SMILES string of the molecule is O=C(CCCNCc1c(F)cccc1Cl)NC1CC1. The Bertz CT molecular complexity index is 429. The summed E-state index contributed by atoms with van der Waals surface area (Å²) in [5, 5.41) is 6.47. The van der Waals surface area contributed by atoms with Crippen molar-refractivity contribution in [3.8, 4) is 0 Å². The molecule has 0 saturated heterocycles. The van der Waals surface area contributed by atoms with Gasteiger partial charge in [0, 0.05) is 29.6 Å². The van der Waals surface area contributed by atoms with Gasteiger partial charge in [0.25, 0.3) is 0 Å². The van der Waals surface area contributed by atoms with Gasteiger partial charge in [-0.05, 0) is 37.9 Å². The van der Waals surface area contributed by atoms with Gasteiger partial charge in [0.15, 0.2) is 0 Å². The van der Waals surface area contributed by atoms with Gasteiger partial charge in [-0.25, -0.2) is 4.39 Å². The molecule has 0 atom stereocenters. The molecule has 1 fully saturated rings. The van der Waals surface area contributed by atoms with Crippen molar-refractivity contribution in [1.29, 1.82) is 0 Å². The number of rotatable bonds is 7. The van der Waals surface area contributed by atoms with Crippen LogP contribution < -0.4 is 10.6 Å². The van der Waals surface area contributed by atoms with Crippen LogP contribution in [0, 0.1) is 5.82 Å². The van der Waals surface area contributed by atoms with Crippen LogP contribution in [-0.2, 0) is 11.3 Å². The third-order valence-electron chi connectivity index (χ3n) is 3.06. The fourth-order valence-electron chi connectivity index (χ4n) is 1.82. The Morgan fingerprint density at radius 1 is 1.42 bits per heavy atom. The van der Waals surface area contributed by atoms with Crippen LogP contribution in [0.4, 0.5) is 4.39 Å². The van der Waals surface area contributed by atoms with Gasteiger partial charge < -0.3 is 10.6 Å². The van der Waals surface area contributed by atoms with Crippen molar-refractivity contribution in [1.82, 2.24) is 10.6 Å². The first-order valence-corrected chi connectivity index (χ1v) is 6.97. The molecule has 0 heterocycles. The second-order valence-corrected chi connectivity index (χ2v) is 5.23. The summed E-state index contributed by atoms with van der Waals surface area (Å²) < 4.78 is 13.4. The summed E-state index contributed by atoms with van der Waals surface area (Å²) in [6.07, 6.45) is 3.46. The van der Waals surface area contributed by atoms with Crippen LogP contribution >= 0.6 is 11.6 Å². The monoisotopic (exact) mass is 284 g/mol. The predicted octanol–water partition coefficient (Wildman–Crippen LogP) is 2.63. The summed E-state index contributed by atoms with van der Waals surface area (Å²) in [6.45, 7) is 1.05. The molecule has 0 bridgehead atoms. The Hall–Kier alpha value is -1.13. The molecule has 3 nitrogen and oxygen atoms in total. The summed E-state index contributed by atoms with van der Waals surface area (Å²) in [4.78, 5) is 11.4. The molecular weight excluding hydrogens is 267 g/mol. The molecule has 0 radical (unpaired) electrons. The van der Waals surface area contributed by atoms with Crippen LogP contribution in [0.5, 0.6) is 0 Å². The minimum Gasteiger partial charge on any atom is -0.353 e. The minimum absolute atomic E-state index is 0.105. The third-order valence-corrected chi connectivity index (χ3v) is 3.42. The van der Waals surface area contributed by atoms with Gasteiger partial charge in [-0.15, -0.1) is 0 Å². The maximum Gasteiger partial charge on any atom is 0.220 e. The molecule has 104 valence electrons. The summed E-state index contributed by atoms with van der Waals surface area (Å²) in [5.41, 5.74) is 0.478. The largest absolute Gasteiger partial charge is 0.353 e. The fraction of sp³-hybridized carbons (Fsp3) is 0.500. The standard InChI is InChI=1S/C14H18ClFN2O/c15-12-3-1-4-13(16)11(12)9-17-8-2-5-14(19)18-10-6-7-10/h1,3-4,10,17H,2,5-9H2,(H,18,19). The molecule has 5 heteroatoms. The van der Waals surface area contributed by atoms with Gasteiger partial charge in [0.2, 0.25) is 5.91 Å². The molecule has 2 rings (SSSR count). The summed E-state index contributed by atoms with van der Waals surface area (Å²) >= 11 is 5.91. The van der Waals surface area contributed by atoms with E-state index in [2.05, 4.69) is 10.6 Å². The van der Waals surface area contributed by atoms with E-state index < -0.39 is 0 Å². The average Bonchev–Trinajstić information content (AvgIpc) is 3.16. The molecular formula is C14H18ClFN2O. The Balaban J connectivity index is 1.62. The molecule has 1 aliphatic rings. The molecule has 2 N–H and O–H groups in total. The van der Waals surface area contributed by atoms with E-state index in [9.17, 15) is 9.18 Å². The molecule has 1 aromatic carbocycles. The normalized spacial score (nSPS) is 14.4. The van der Waals surface area contributed by atoms with Gasteiger partial charge in [0.05, 0.1) is 0 Å². The van der Waals surface area contributed by atoms with Crippen molar-refractivity contribution in [3.05, 3.63) is 34.6 Å².